The minimum Gasteiger partial charge on any atom is -0.508 e. The van der Waals surface area contributed by atoms with E-state index in [1.54, 1.807) is 6.07 Å². The largest absolute Gasteiger partial charge is 0.508 e. The van der Waals surface area contributed by atoms with E-state index in [1.165, 1.54) is 32.9 Å². The van der Waals surface area contributed by atoms with Crippen LogP contribution < -0.4 is 4.74 Å². The molecule has 0 radical (unpaired) electrons. The first-order valence-corrected chi connectivity index (χ1v) is 7.66. The van der Waals surface area contributed by atoms with Crippen LogP contribution in [-0.2, 0) is 14.3 Å². The maximum Gasteiger partial charge on any atom is 0.347 e. The van der Waals surface area contributed by atoms with Crippen LogP contribution in [-0.4, -0.2) is 35.3 Å². The zero-order valence-corrected chi connectivity index (χ0v) is 14.9. The second-order valence-electron chi connectivity index (χ2n) is 4.95. The van der Waals surface area contributed by atoms with Crippen LogP contribution in [0.1, 0.15) is 20.8 Å². The summed E-state index contributed by atoms with van der Waals surface area (Å²) < 4.78 is 10.3. The van der Waals surface area contributed by atoms with Crippen LogP contribution in [0.4, 0.5) is 0 Å². The van der Waals surface area contributed by atoms with Crippen LogP contribution in [0.3, 0.4) is 0 Å². The normalized spacial score (nSPS) is 12.9. The summed E-state index contributed by atoms with van der Waals surface area (Å²) >= 11 is 11.7. The van der Waals surface area contributed by atoms with Crippen molar-refractivity contribution in [1.29, 1.82) is 5.41 Å². The molecule has 0 saturated heterocycles. The van der Waals surface area contributed by atoms with Gasteiger partial charge in [-0.25, -0.2) is 4.79 Å². The molecule has 8 heteroatoms. The number of rotatable bonds is 7. The Morgan fingerprint density at radius 3 is 2.42 bits per heavy atom. The van der Waals surface area contributed by atoms with Gasteiger partial charge in [0.2, 0.25) is 0 Å². The number of esters is 1. The number of Topliss-reactive ketones (excluding diaryl/α,β-unsaturated/α-hetero) is 1. The predicted molar refractivity (Wildman–Crippen MR) is 91.2 cm³/mol. The van der Waals surface area contributed by atoms with Crippen molar-refractivity contribution in [2.75, 3.05) is 6.61 Å². The Kier molecular flexibility index (Phi) is 7.25. The summed E-state index contributed by atoms with van der Waals surface area (Å²) in [5.74, 6) is -1.49. The van der Waals surface area contributed by atoms with Crippen molar-refractivity contribution in [3.8, 4) is 5.75 Å². The van der Waals surface area contributed by atoms with Gasteiger partial charge in [0.1, 0.15) is 18.1 Å². The third-order valence-corrected chi connectivity index (χ3v) is 3.43. The number of ketones is 1. The van der Waals surface area contributed by atoms with Crippen LogP contribution in [0.2, 0.25) is 10.0 Å². The number of nitrogens with one attached hydrogen (secondary N) is 1. The van der Waals surface area contributed by atoms with Crippen molar-refractivity contribution >= 4 is 40.7 Å². The SMILES string of the molecule is CC(=N)/C(C(C)=O)=C(/O)COC(=O)C(C)Oc1ccc(Cl)cc1Cl. The second-order valence-corrected chi connectivity index (χ2v) is 5.79. The first kappa shape index (κ1) is 20.0. The fraction of sp³-hybridized carbons (Fsp3) is 0.312. The molecule has 0 aliphatic rings. The highest BCUT2D eigenvalue weighted by atomic mass is 35.5. The van der Waals surface area contributed by atoms with Gasteiger partial charge in [-0.15, -0.1) is 0 Å². The number of allylic oxidation sites excluding steroid dienone is 1. The Labute approximate surface area is 149 Å². The lowest BCUT2D eigenvalue weighted by atomic mass is 10.1. The lowest BCUT2D eigenvalue weighted by Crippen LogP contribution is -2.27. The van der Waals surface area contributed by atoms with Crippen molar-refractivity contribution in [3.63, 3.8) is 0 Å². The fourth-order valence-corrected chi connectivity index (χ4v) is 2.28. The molecular formula is C16H17Cl2NO5. The van der Waals surface area contributed by atoms with E-state index in [2.05, 4.69) is 0 Å². The average molecular weight is 374 g/mol. The number of aliphatic hydroxyl groups excluding tert-OH is 1. The van der Waals surface area contributed by atoms with Gasteiger partial charge in [-0.2, -0.15) is 0 Å². The minimum absolute atomic E-state index is 0.117. The molecule has 6 nitrogen and oxygen atoms in total. The van der Waals surface area contributed by atoms with Crippen LogP contribution >= 0.6 is 23.2 Å². The van der Waals surface area contributed by atoms with Crippen LogP contribution in [0.5, 0.6) is 5.75 Å². The Hall–Kier alpha value is -2.05. The first-order valence-electron chi connectivity index (χ1n) is 6.90. The second kappa shape index (κ2) is 8.70. The zero-order chi connectivity index (χ0) is 18.4. The molecule has 2 N–H and O–H groups in total. The monoisotopic (exact) mass is 373 g/mol. The molecule has 0 amide bonds. The van der Waals surface area contributed by atoms with Gasteiger partial charge in [0.15, 0.2) is 11.9 Å². The first-order chi connectivity index (χ1) is 11.1. The van der Waals surface area contributed by atoms with E-state index in [4.69, 9.17) is 38.1 Å². The molecule has 1 rings (SSSR count). The van der Waals surface area contributed by atoms with Gasteiger partial charge in [-0.1, -0.05) is 23.2 Å². The maximum atomic E-state index is 11.9. The van der Waals surface area contributed by atoms with Crippen LogP contribution in [0.25, 0.3) is 0 Å². The molecule has 1 aromatic rings. The lowest BCUT2D eigenvalue weighted by Gasteiger charge is -2.15. The third kappa shape index (κ3) is 5.54. The van der Waals surface area contributed by atoms with Crippen molar-refractivity contribution < 1.29 is 24.2 Å². The molecule has 130 valence electrons. The van der Waals surface area contributed by atoms with Gasteiger partial charge < -0.3 is 20.0 Å². The third-order valence-electron chi connectivity index (χ3n) is 2.90. The molecule has 1 atom stereocenters. The van der Waals surface area contributed by atoms with Gasteiger partial charge in [0.25, 0.3) is 0 Å². The summed E-state index contributed by atoms with van der Waals surface area (Å²) in [6.45, 7) is 3.47. The lowest BCUT2D eigenvalue weighted by molar-refractivity contribution is -0.150. The number of hydrogen-bond donors (Lipinski definition) is 2. The van der Waals surface area contributed by atoms with E-state index in [0.717, 1.165) is 0 Å². The van der Waals surface area contributed by atoms with Gasteiger partial charge in [0, 0.05) is 10.7 Å². The van der Waals surface area contributed by atoms with Crippen LogP contribution in [0.15, 0.2) is 29.5 Å². The van der Waals surface area contributed by atoms with Gasteiger partial charge in [-0.3, -0.25) is 4.79 Å². The smallest absolute Gasteiger partial charge is 0.347 e. The zero-order valence-electron chi connectivity index (χ0n) is 13.4. The highest BCUT2D eigenvalue weighted by Crippen LogP contribution is 2.28. The van der Waals surface area contributed by atoms with Crippen molar-refractivity contribution in [2.45, 2.75) is 26.9 Å². The summed E-state index contributed by atoms with van der Waals surface area (Å²) in [6.07, 6.45) is -1.00. The maximum absolute atomic E-state index is 11.9. The van der Waals surface area contributed by atoms with Crippen molar-refractivity contribution in [1.82, 2.24) is 0 Å². The Balaban J connectivity index is 2.72. The van der Waals surface area contributed by atoms with Crippen LogP contribution in [0, 0.1) is 5.41 Å². The van der Waals surface area contributed by atoms with Gasteiger partial charge in [0.05, 0.1) is 10.6 Å². The van der Waals surface area contributed by atoms with E-state index in [0.29, 0.717) is 5.02 Å². The van der Waals surface area contributed by atoms with E-state index < -0.39 is 30.2 Å². The van der Waals surface area contributed by atoms with Crippen molar-refractivity contribution in [3.05, 3.63) is 39.6 Å². The number of carbonyl (C=O) groups is 2. The minimum atomic E-state index is -1.00. The Morgan fingerprint density at radius 1 is 1.29 bits per heavy atom. The topological polar surface area (TPSA) is 96.7 Å². The highest BCUT2D eigenvalue weighted by Gasteiger charge is 2.20. The molecule has 0 fully saturated rings. The van der Waals surface area contributed by atoms with E-state index in [9.17, 15) is 14.7 Å². The van der Waals surface area contributed by atoms with Crippen molar-refractivity contribution in [2.24, 2.45) is 0 Å². The molecule has 0 heterocycles. The van der Waals surface area contributed by atoms with E-state index >= 15 is 0 Å². The number of benzene rings is 1. The molecule has 0 saturated carbocycles. The number of carbonyl (C=O) groups excluding carboxylic acids is 2. The molecule has 1 unspecified atom stereocenters. The summed E-state index contributed by atoms with van der Waals surface area (Å²) in [7, 11) is 0. The fourth-order valence-electron chi connectivity index (χ4n) is 1.82. The highest BCUT2D eigenvalue weighted by molar-refractivity contribution is 6.35. The summed E-state index contributed by atoms with van der Waals surface area (Å²) in [6, 6.07) is 4.54. The molecular weight excluding hydrogens is 357 g/mol. The molecule has 0 bridgehead atoms. The summed E-state index contributed by atoms with van der Waals surface area (Å²) in [5, 5.41) is 17.9. The number of halogens is 2. The summed E-state index contributed by atoms with van der Waals surface area (Å²) in [5.41, 5.74) is -0.301. The van der Waals surface area contributed by atoms with Gasteiger partial charge >= 0.3 is 5.97 Å². The van der Waals surface area contributed by atoms with E-state index in [1.807, 2.05) is 0 Å². The predicted octanol–water partition coefficient (Wildman–Crippen LogP) is 3.74. The molecule has 24 heavy (non-hydrogen) atoms. The number of hydrogen-bond acceptors (Lipinski definition) is 6. The quantitative estimate of drug-likeness (QED) is 0.328. The Morgan fingerprint density at radius 2 is 1.92 bits per heavy atom. The Bertz CT molecular complexity index is 684. The molecule has 0 aromatic heterocycles. The molecule has 0 spiro atoms. The summed E-state index contributed by atoms with van der Waals surface area (Å²) in [4.78, 5) is 23.3. The molecule has 0 aliphatic carbocycles. The standard InChI is InChI=1S/C16H17Cl2NO5/c1-8(19)15(9(2)20)13(21)7-23-16(22)10(3)24-14-5-4-11(17)6-12(14)18/h4-6,10,19,21H,7H2,1-3H3/b15-13-,19-8?. The molecule has 1 aromatic carbocycles. The molecule has 0 aliphatic heterocycles. The van der Waals surface area contributed by atoms with Gasteiger partial charge in [-0.05, 0) is 39.0 Å². The number of aliphatic hydroxyl groups is 1. The van der Waals surface area contributed by atoms with E-state index in [-0.39, 0.29) is 22.1 Å². The number of ether oxygens (including phenoxy) is 2. The average Bonchev–Trinajstić information content (AvgIpc) is 2.46.